The number of aliphatic hydroxyl groups is 1. The second-order valence-corrected chi connectivity index (χ2v) is 8.77. The Morgan fingerprint density at radius 2 is 2.00 bits per heavy atom. The van der Waals surface area contributed by atoms with Crippen molar-refractivity contribution in [2.24, 2.45) is 11.8 Å². The van der Waals surface area contributed by atoms with Crippen LogP contribution in [0, 0.1) is 11.8 Å². The van der Waals surface area contributed by atoms with E-state index in [1.807, 2.05) is 36.9 Å². The summed E-state index contributed by atoms with van der Waals surface area (Å²) in [6.45, 7) is 5.90. The van der Waals surface area contributed by atoms with Gasteiger partial charge in [0.25, 0.3) is 5.91 Å². The minimum atomic E-state index is -0.640. The first-order valence-corrected chi connectivity index (χ1v) is 10.0. The molecule has 2 aliphatic rings. The normalized spacial score (nSPS) is 18.9. The number of carbonyl (C=O) groups excluding carboxylic acids is 1. The van der Waals surface area contributed by atoms with E-state index in [-0.39, 0.29) is 5.91 Å². The van der Waals surface area contributed by atoms with Gasteiger partial charge in [0.05, 0.1) is 23.2 Å². The Bertz CT molecular complexity index is 812. The Balaban J connectivity index is 1.39. The van der Waals surface area contributed by atoms with E-state index in [0.29, 0.717) is 23.4 Å². The monoisotopic (exact) mass is 371 g/mol. The van der Waals surface area contributed by atoms with Gasteiger partial charge in [-0.15, -0.1) is 0 Å². The number of aromatic amines is 1. The molecule has 1 saturated carbocycles. The van der Waals surface area contributed by atoms with Crippen molar-refractivity contribution in [2.75, 3.05) is 19.7 Å². The molecule has 0 spiro atoms. The summed E-state index contributed by atoms with van der Waals surface area (Å²) in [4.78, 5) is 22.5. The zero-order chi connectivity index (χ0) is 19.0. The lowest BCUT2D eigenvalue weighted by molar-refractivity contribution is 0.0357. The number of hydrogen-bond acceptors (Lipinski definition) is 4. The van der Waals surface area contributed by atoms with Crippen LogP contribution in [0.4, 0.5) is 0 Å². The highest BCUT2D eigenvalue weighted by Crippen LogP contribution is 2.30. The second-order valence-electron chi connectivity index (χ2n) is 8.77. The molecule has 1 amide bonds. The number of likely N-dealkylation sites (tertiary alicyclic amines) is 1. The third-order valence-electron chi connectivity index (χ3n) is 5.53. The molecule has 0 aromatic carbocycles. The Hall–Kier alpha value is -2.08. The zero-order valence-electron chi connectivity index (χ0n) is 16.2. The van der Waals surface area contributed by atoms with Crippen LogP contribution >= 0.6 is 0 Å². The molecule has 2 aromatic rings. The van der Waals surface area contributed by atoms with Crippen molar-refractivity contribution in [1.82, 2.24) is 14.9 Å². The Kier molecular flexibility index (Phi) is 4.84. The summed E-state index contributed by atoms with van der Waals surface area (Å²) in [6, 6.07) is 5.61. The number of ether oxygens (including phenoxy) is 1. The molecule has 0 atom stereocenters. The highest BCUT2D eigenvalue weighted by atomic mass is 16.5. The number of hydrogen-bond donors (Lipinski definition) is 2. The number of rotatable bonds is 6. The first-order chi connectivity index (χ1) is 12.9. The van der Waals surface area contributed by atoms with Gasteiger partial charge in [-0.25, -0.2) is 4.98 Å². The molecule has 3 heterocycles. The highest BCUT2D eigenvalue weighted by Gasteiger charge is 2.28. The van der Waals surface area contributed by atoms with E-state index in [4.69, 9.17) is 4.74 Å². The zero-order valence-corrected chi connectivity index (χ0v) is 16.2. The maximum atomic E-state index is 12.9. The van der Waals surface area contributed by atoms with Gasteiger partial charge in [0.1, 0.15) is 5.69 Å². The van der Waals surface area contributed by atoms with Crippen molar-refractivity contribution in [3.8, 4) is 5.88 Å². The maximum absolute atomic E-state index is 12.9. The van der Waals surface area contributed by atoms with Crippen LogP contribution in [0.5, 0.6) is 5.88 Å². The molecular formula is C21H29N3O3. The van der Waals surface area contributed by atoms with Gasteiger partial charge in [-0.2, -0.15) is 0 Å². The highest BCUT2D eigenvalue weighted by molar-refractivity contribution is 5.97. The van der Waals surface area contributed by atoms with Gasteiger partial charge < -0.3 is 19.7 Å². The molecule has 6 nitrogen and oxygen atoms in total. The molecule has 4 rings (SSSR count). The molecule has 146 valence electrons. The molecule has 0 radical (unpaired) electrons. The van der Waals surface area contributed by atoms with E-state index < -0.39 is 5.60 Å². The average molecular weight is 371 g/mol. The fourth-order valence-electron chi connectivity index (χ4n) is 3.89. The van der Waals surface area contributed by atoms with Crippen molar-refractivity contribution in [2.45, 2.75) is 51.6 Å². The fraction of sp³-hybridized carbons (Fsp3) is 0.619. The van der Waals surface area contributed by atoms with Gasteiger partial charge in [-0.3, -0.25) is 4.79 Å². The molecule has 1 aliphatic heterocycles. The number of nitrogens with zero attached hydrogens (tertiary/aromatic N) is 2. The summed E-state index contributed by atoms with van der Waals surface area (Å²) >= 11 is 0. The van der Waals surface area contributed by atoms with Gasteiger partial charge in [-0.1, -0.05) is 0 Å². The molecule has 1 aliphatic carbocycles. The predicted octanol–water partition coefficient (Wildman–Crippen LogP) is 3.36. The fourth-order valence-corrected chi connectivity index (χ4v) is 3.89. The molecule has 6 heteroatoms. The summed E-state index contributed by atoms with van der Waals surface area (Å²) in [5.74, 6) is 1.81. The van der Waals surface area contributed by atoms with Crippen LogP contribution in [0.3, 0.4) is 0 Å². The number of fused-ring (bicyclic) bond motifs is 1. The summed E-state index contributed by atoms with van der Waals surface area (Å²) in [5.41, 5.74) is 1.56. The van der Waals surface area contributed by atoms with Crippen LogP contribution in [-0.2, 0) is 0 Å². The van der Waals surface area contributed by atoms with Crippen LogP contribution in [-0.4, -0.2) is 51.2 Å². The SMILES string of the molecule is CC(C)(O)CC1CCN(C(=O)c2cc3nc(OCC4CC4)ccc3[nH]2)CC1. The van der Waals surface area contributed by atoms with Crippen LogP contribution in [0.25, 0.3) is 11.0 Å². The standard InChI is InChI=1S/C21H29N3O3/c1-21(2,26)12-14-7-9-24(10-8-14)20(25)18-11-17-16(22-18)5-6-19(23-17)27-13-15-3-4-15/h5-6,11,14-15,22,26H,3-4,7-10,12-13H2,1-2H3. The van der Waals surface area contributed by atoms with Gasteiger partial charge in [0.2, 0.25) is 5.88 Å². The number of carbonyl (C=O) groups is 1. The van der Waals surface area contributed by atoms with Crippen LogP contribution in [0.15, 0.2) is 18.2 Å². The largest absolute Gasteiger partial charge is 0.477 e. The van der Waals surface area contributed by atoms with Crippen LogP contribution in [0.1, 0.15) is 56.4 Å². The molecule has 2 N–H and O–H groups in total. The predicted molar refractivity (Wildman–Crippen MR) is 104 cm³/mol. The molecule has 0 unspecified atom stereocenters. The van der Waals surface area contributed by atoms with E-state index in [1.165, 1.54) is 12.8 Å². The van der Waals surface area contributed by atoms with Crippen LogP contribution in [0.2, 0.25) is 0 Å². The van der Waals surface area contributed by atoms with E-state index in [0.717, 1.165) is 50.0 Å². The Labute approximate surface area is 159 Å². The van der Waals surface area contributed by atoms with Crippen molar-refractivity contribution < 1.29 is 14.6 Å². The summed E-state index contributed by atoms with van der Waals surface area (Å²) in [6.07, 6.45) is 5.16. The molecule has 2 aromatic heterocycles. The average Bonchev–Trinajstić information content (AvgIpc) is 3.35. The van der Waals surface area contributed by atoms with Gasteiger partial charge in [0.15, 0.2) is 0 Å². The molecule has 27 heavy (non-hydrogen) atoms. The van der Waals surface area contributed by atoms with E-state index in [1.54, 1.807) is 0 Å². The first-order valence-electron chi connectivity index (χ1n) is 10.0. The van der Waals surface area contributed by atoms with Crippen molar-refractivity contribution in [3.63, 3.8) is 0 Å². The number of H-pyrrole nitrogens is 1. The van der Waals surface area contributed by atoms with Crippen molar-refractivity contribution >= 4 is 16.9 Å². The maximum Gasteiger partial charge on any atom is 0.270 e. The third-order valence-corrected chi connectivity index (χ3v) is 5.53. The van der Waals surface area contributed by atoms with E-state index in [9.17, 15) is 9.90 Å². The van der Waals surface area contributed by atoms with E-state index >= 15 is 0 Å². The first kappa shape index (κ1) is 18.3. The van der Waals surface area contributed by atoms with Gasteiger partial charge in [0, 0.05) is 19.2 Å². The Morgan fingerprint density at radius 1 is 1.26 bits per heavy atom. The Morgan fingerprint density at radius 3 is 2.67 bits per heavy atom. The summed E-state index contributed by atoms with van der Waals surface area (Å²) in [7, 11) is 0. The number of aromatic nitrogens is 2. The lowest BCUT2D eigenvalue weighted by Crippen LogP contribution is -2.40. The number of amides is 1. The smallest absolute Gasteiger partial charge is 0.270 e. The minimum Gasteiger partial charge on any atom is -0.477 e. The third kappa shape index (κ3) is 4.61. The van der Waals surface area contributed by atoms with Gasteiger partial charge in [-0.05, 0) is 69.9 Å². The summed E-state index contributed by atoms with van der Waals surface area (Å²) < 4.78 is 5.73. The number of nitrogens with one attached hydrogen (secondary N) is 1. The molecular weight excluding hydrogens is 342 g/mol. The number of piperidine rings is 1. The van der Waals surface area contributed by atoms with Crippen molar-refractivity contribution in [1.29, 1.82) is 0 Å². The molecule has 1 saturated heterocycles. The topological polar surface area (TPSA) is 78.4 Å². The quantitative estimate of drug-likeness (QED) is 0.816. The molecule has 0 bridgehead atoms. The summed E-state index contributed by atoms with van der Waals surface area (Å²) in [5, 5.41) is 10.00. The van der Waals surface area contributed by atoms with E-state index in [2.05, 4.69) is 9.97 Å². The second kappa shape index (κ2) is 7.15. The van der Waals surface area contributed by atoms with Crippen LogP contribution < -0.4 is 4.74 Å². The number of pyridine rings is 1. The lowest BCUT2D eigenvalue weighted by Gasteiger charge is -2.34. The molecule has 2 fully saturated rings. The van der Waals surface area contributed by atoms with Gasteiger partial charge >= 0.3 is 0 Å². The minimum absolute atomic E-state index is 0.0233. The lowest BCUT2D eigenvalue weighted by atomic mass is 9.86. The van der Waals surface area contributed by atoms with Crippen molar-refractivity contribution in [3.05, 3.63) is 23.9 Å².